The monoisotopic (exact) mass is 551 g/mol. The highest BCUT2D eigenvalue weighted by atomic mass is 16.7. The lowest BCUT2D eigenvalue weighted by atomic mass is 9.98. The molecule has 1 aliphatic rings. The minimum absolute atomic E-state index is 0.0100. The smallest absolute Gasteiger partial charge is 0.187 e. The Balaban J connectivity index is 3.14. The van der Waals surface area contributed by atoms with Crippen LogP contribution in [0.5, 0.6) is 0 Å². The lowest BCUT2D eigenvalue weighted by Gasteiger charge is -2.43. The highest BCUT2D eigenvalue weighted by molar-refractivity contribution is 4.91. The molecule has 17 heteroatoms. The van der Waals surface area contributed by atoms with Crippen molar-refractivity contribution in [3.8, 4) is 0 Å². The lowest BCUT2D eigenvalue weighted by Crippen LogP contribution is -2.62. The quantitative estimate of drug-likeness (QED) is 0.0703. The summed E-state index contributed by atoms with van der Waals surface area (Å²) >= 11 is 0. The van der Waals surface area contributed by atoms with E-state index in [0.717, 1.165) is 0 Å². The standard InChI is InChI=1S/C20H41NO16/c21-3-6-34-20-17(14(30)13(29)10(7-24)35-20)37-19(33)16(12(28)9(26)2-5-23)36-18(32)15(31)11(27)8(25)1-4-22/h8-20,22-33H,1-7,21H2/t8-,9-,10?,11?,12?,13-,14?,15?,16?,17?,18+,19-,20+/m1/s1. The molecule has 0 spiro atoms. The summed E-state index contributed by atoms with van der Waals surface area (Å²) in [4.78, 5) is 0. The molecular weight excluding hydrogens is 510 g/mol. The van der Waals surface area contributed by atoms with E-state index < -0.39 is 106 Å². The Morgan fingerprint density at radius 2 is 1.32 bits per heavy atom. The summed E-state index contributed by atoms with van der Waals surface area (Å²) in [5, 5.41) is 119. The van der Waals surface area contributed by atoms with Crippen molar-refractivity contribution in [3.05, 3.63) is 0 Å². The normalized spacial score (nSPS) is 31.2. The van der Waals surface area contributed by atoms with E-state index in [4.69, 9.17) is 34.9 Å². The molecule has 0 saturated carbocycles. The molecule has 37 heavy (non-hydrogen) atoms. The third-order valence-electron chi connectivity index (χ3n) is 5.72. The van der Waals surface area contributed by atoms with Crippen molar-refractivity contribution in [2.24, 2.45) is 5.73 Å². The van der Waals surface area contributed by atoms with Crippen molar-refractivity contribution in [2.45, 2.75) is 92.8 Å². The number of aliphatic hydroxyl groups excluding tert-OH is 12. The topological polar surface area (TPSA) is 306 Å². The van der Waals surface area contributed by atoms with Crippen molar-refractivity contribution in [2.75, 3.05) is 33.0 Å². The first-order chi connectivity index (χ1) is 17.4. The van der Waals surface area contributed by atoms with Crippen LogP contribution < -0.4 is 5.73 Å². The van der Waals surface area contributed by atoms with E-state index >= 15 is 0 Å². The molecule has 0 aliphatic carbocycles. The van der Waals surface area contributed by atoms with Gasteiger partial charge in [0.05, 0.1) is 25.4 Å². The van der Waals surface area contributed by atoms with Gasteiger partial charge in [-0.25, -0.2) is 0 Å². The Bertz CT molecular complexity index is 607. The van der Waals surface area contributed by atoms with Crippen molar-refractivity contribution in [1.82, 2.24) is 0 Å². The van der Waals surface area contributed by atoms with Gasteiger partial charge in [-0.05, 0) is 12.8 Å². The average molecular weight is 552 g/mol. The number of aliphatic hydroxyl groups is 12. The Labute approximate surface area is 212 Å². The van der Waals surface area contributed by atoms with Crippen molar-refractivity contribution >= 4 is 0 Å². The summed E-state index contributed by atoms with van der Waals surface area (Å²) in [6.07, 6.45) is -25.7. The van der Waals surface area contributed by atoms with Crippen LogP contribution in [0.15, 0.2) is 0 Å². The first kappa shape index (κ1) is 34.3. The summed E-state index contributed by atoms with van der Waals surface area (Å²) in [7, 11) is 0. The van der Waals surface area contributed by atoms with Gasteiger partial charge in [-0.15, -0.1) is 0 Å². The Morgan fingerprint density at radius 3 is 1.84 bits per heavy atom. The fourth-order valence-electron chi connectivity index (χ4n) is 3.54. The second kappa shape index (κ2) is 17.1. The zero-order chi connectivity index (χ0) is 28.3. The summed E-state index contributed by atoms with van der Waals surface area (Å²) in [5.74, 6) is 0. The van der Waals surface area contributed by atoms with E-state index in [2.05, 4.69) is 0 Å². The van der Waals surface area contributed by atoms with Gasteiger partial charge in [-0.2, -0.15) is 0 Å². The zero-order valence-electron chi connectivity index (χ0n) is 20.0. The average Bonchev–Trinajstić information content (AvgIpc) is 2.88. The molecular formula is C20H41NO16. The van der Waals surface area contributed by atoms with Crippen LogP contribution >= 0.6 is 0 Å². The van der Waals surface area contributed by atoms with Crippen LogP contribution in [-0.2, 0) is 18.9 Å². The first-order valence-corrected chi connectivity index (χ1v) is 11.7. The number of nitrogens with two attached hydrogens (primary N) is 1. The Morgan fingerprint density at radius 1 is 0.757 bits per heavy atom. The highest BCUT2D eigenvalue weighted by Gasteiger charge is 2.48. The first-order valence-electron chi connectivity index (χ1n) is 11.7. The Hall–Kier alpha value is -0.680. The largest absolute Gasteiger partial charge is 0.396 e. The number of hydrogen-bond donors (Lipinski definition) is 13. The van der Waals surface area contributed by atoms with Gasteiger partial charge in [0.2, 0.25) is 0 Å². The van der Waals surface area contributed by atoms with Gasteiger partial charge in [-0.3, -0.25) is 0 Å². The van der Waals surface area contributed by atoms with Gasteiger partial charge < -0.3 is 86.0 Å². The van der Waals surface area contributed by atoms with Gasteiger partial charge >= 0.3 is 0 Å². The molecule has 0 aromatic carbocycles. The molecule has 0 aromatic rings. The van der Waals surface area contributed by atoms with E-state index in [9.17, 15) is 51.1 Å². The van der Waals surface area contributed by atoms with E-state index in [1.54, 1.807) is 0 Å². The minimum atomic E-state index is -2.41. The SMILES string of the molecule is NCCO[C@H]1OC(CO)[C@@H](O)C(O)C1O[C@@H](O)C(O[C@H](O)C(O)C(O)[C@H](O)CCO)C(O)[C@H](O)CCO. The third kappa shape index (κ3) is 9.78. The predicted molar refractivity (Wildman–Crippen MR) is 118 cm³/mol. The zero-order valence-corrected chi connectivity index (χ0v) is 20.0. The number of rotatable bonds is 18. The molecule has 17 nitrogen and oxygen atoms in total. The third-order valence-corrected chi connectivity index (χ3v) is 5.72. The van der Waals surface area contributed by atoms with Crippen molar-refractivity contribution < 1.29 is 80.2 Å². The molecule has 7 unspecified atom stereocenters. The van der Waals surface area contributed by atoms with Crippen molar-refractivity contribution in [3.63, 3.8) is 0 Å². The molecule has 0 radical (unpaired) electrons. The second-order valence-corrected chi connectivity index (χ2v) is 8.48. The van der Waals surface area contributed by atoms with Crippen LogP contribution in [0.3, 0.4) is 0 Å². The fraction of sp³-hybridized carbons (Fsp3) is 1.00. The molecule has 1 aliphatic heterocycles. The fourth-order valence-corrected chi connectivity index (χ4v) is 3.54. The van der Waals surface area contributed by atoms with Gasteiger partial charge in [-0.1, -0.05) is 0 Å². The summed E-state index contributed by atoms with van der Waals surface area (Å²) in [5.41, 5.74) is 5.38. The maximum Gasteiger partial charge on any atom is 0.187 e. The molecule has 1 heterocycles. The van der Waals surface area contributed by atoms with E-state index in [-0.39, 0.29) is 19.6 Å². The molecule has 0 aromatic heterocycles. The maximum atomic E-state index is 10.7. The maximum absolute atomic E-state index is 10.7. The van der Waals surface area contributed by atoms with Crippen LogP contribution in [0.25, 0.3) is 0 Å². The Kier molecular flexibility index (Phi) is 15.9. The van der Waals surface area contributed by atoms with Crippen LogP contribution in [0.1, 0.15) is 12.8 Å². The van der Waals surface area contributed by atoms with Gasteiger partial charge in [0.15, 0.2) is 18.9 Å². The lowest BCUT2D eigenvalue weighted by molar-refractivity contribution is -0.352. The van der Waals surface area contributed by atoms with Crippen LogP contribution in [0.4, 0.5) is 0 Å². The van der Waals surface area contributed by atoms with Crippen LogP contribution in [-0.4, -0.2) is 174 Å². The van der Waals surface area contributed by atoms with Crippen LogP contribution in [0, 0.1) is 0 Å². The molecule has 14 N–H and O–H groups in total. The number of hydrogen-bond acceptors (Lipinski definition) is 17. The van der Waals surface area contributed by atoms with E-state index in [1.807, 2.05) is 0 Å². The molecule has 1 fully saturated rings. The predicted octanol–water partition coefficient (Wildman–Crippen LogP) is -7.62. The molecule has 1 saturated heterocycles. The highest BCUT2D eigenvalue weighted by Crippen LogP contribution is 2.27. The summed E-state index contributed by atoms with van der Waals surface area (Å²) in [6, 6.07) is 0. The molecule has 1 rings (SSSR count). The molecule has 13 atom stereocenters. The minimum Gasteiger partial charge on any atom is -0.396 e. The van der Waals surface area contributed by atoms with Gasteiger partial charge in [0, 0.05) is 19.8 Å². The second-order valence-electron chi connectivity index (χ2n) is 8.48. The van der Waals surface area contributed by atoms with E-state index in [1.165, 1.54) is 0 Å². The van der Waals surface area contributed by atoms with Gasteiger partial charge in [0.25, 0.3) is 0 Å². The van der Waals surface area contributed by atoms with Crippen LogP contribution in [0.2, 0.25) is 0 Å². The molecule has 222 valence electrons. The van der Waals surface area contributed by atoms with Crippen molar-refractivity contribution in [1.29, 1.82) is 0 Å². The summed E-state index contributed by atoms with van der Waals surface area (Å²) in [6.45, 7) is -2.05. The molecule has 0 amide bonds. The number of ether oxygens (including phenoxy) is 4. The summed E-state index contributed by atoms with van der Waals surface area (Å²) < 4.78 is 21.0. The van der Waals surface area contributed by atoms with Gasteiger partial charge in [0.1, 0.15) is 48.8 Å². The molecule has 0 bridgehead atoms. The van der Waals surface area contributed by atoms with E-state index in [0.29, 0.717) is 0 Å².